The lowest BCUT2D eigenvalue weighted by Crippen LogP contribution is -2.36. The Balaban J connectivity index is 1.88. The summed E-state index contributed by atoms with van der Waals surface area (Å²) < 4.78 is 10.5. The zero-order valence-electron chi connectivity index (χ0n) is 10.5. The Bertz CT molecular complexity index is 351. The molecule has 0 bridgehead atoms. The molecule has 102 valence electrons. The van der Waals surface area contributed by atoms with Crippen LogP contribution < -0.4 is 16.4 Å². The molecule has 1 aromatic heterocycles. The zero-order valence-corrected chi connectivity index (χ0v) is 10.5. The standard InChI is InChI=1S/C11H21N5O2/c12-4-2-1-3-9(13)10-14-11(15-18-10)16-5-7-17-8-6-16/h9H,1-8,12-13H2. The highest BCUT2D eigenvalue weighted by molar-refractivity contribution is 5.28. The summed E-state index contributed by atoms with van der Waals surface area (Å²) in [6.07, 6.45) is 2.77. The zero-order chi connectivity index (χ0) is 12.8. The van der Waals surface area contributed by atoms with Gasteiger partial charge in [-0.1, -0.05) is 6.42 Å². The number of aromatic nitrogens is 2. The van der Waals surface area contributed by atoms with Crippen LogP contribution >= 0.6 is 0 Å². The number of anilines is 1. The first-order valence-corrected chi connectivity index (χ1v) is 6.43. The largest absolute Gasteiger partial charge is 0.378 e. The SMILES string of the molecule is NCCCCC(N)c1nc(N2CCOCC2)no1. The maximum atomic E-state index is 6.00. The molecule has 0 amide bonds. The Kier molecular flexibility index (Phi) is 4.91. The van der Waals surface area contributed by atoms with E-state index in [4.69, 9.17) is 20.7 Å². The molecule has 2 rings (SSSR count). The summed E-state index contributed by atoms with van der Waals surface area (Å²) in [4.78, 5) is 6.39. The fourth-order valence-corrected chi connectivity index (χ4v) is 1.90. The first kappa shape index (κ1) is 13.3. The van der Waals surface area contributed by atoms with Gasteiger partial charge in [-0.2, -0.15) is 4.98 Å². The molecular weight excluding hydrogens is 234 g/mol. The summed E-state index contributed by atoms with van der Waals surface area (Å²) in [5.41, 5.74) is 11.4. The van der Waals surface area contributed by atoms with Crippen molar-refractivity contribution in [3.05, 3.63) is 5.89 Å². The van der Waals surface area contributed by atoms with Crippen LogP contribution in [0, 0.1) is 0 Å². The summed E-state index contributed by atoms with van der Waals surface area (Å²) in [6.45, 7) is 3.68. The van der Waals surface area contributed by atoms with Crippen molar-refractivity contribution in [3.8, 4) is 0 Å². The highest BCUT2D eigenvalue weighted by Gasteiger charge is 2.19. The number of nitrogens with zero attached hydrogens (tertiary/aromatic N) is 3. The van der Waals surface area contributed by atoms with Crippen molar-refractivity contribution >= 4 is 5.95 Å². The van der Waals surface area contributed by atoms with E-state index in [9.17, 15) is 0 Å². The van der Waals surface area contributed by atoms with Crippen molar-refractivity contribution in [2.45, 2.75) is 25.3 Å². The minimum absolute atomic E-state index is 0.196. The number of ether oxygens (including phenoxy) is 1. The van der Waals surface area contributed by atoms with Crippen LogP contribution in [0.3, 0.4) is 0 Å². The van der Waals surface area contributed by atoms with E-state index in [1.54, 1.807) is 0 Å². The molecule has 1 aliphatic heterocycles. The molecule has 0 aromatic carbocycles. The van der Waals surface area contributed by atoms with E-state index in [0.717, 1.165) is 32.4 Å². The molecule has 2 heterocycles. The van der Waals surface area contributed by atoms with Gasteiger partial charge in [-0.15, -0.1) is 0 Å². The number of hydrogen-bond donors (Lipinski definition) is 2. The van der Waals surface area contributed by atoms with Crippen LogP contribution in [-0.2, 0) is 4.74 Å². The average molecular weight is 255 g/mol. The molecule has 0 spiro atoms. The van der Waals surface area contributed by atoms with E-state index in [0.29, 0.717) is 31.6 Å². The van der Waals surface area contributed by atoms with Gasteiger partial charge >= 0.3 is 0 Å². The molecule has 0 saturated carbocycles. The molecule has 0 radical (unpaired) electrons. The molecule has 1 aliphatic rings. The monoisotopic (exact) mass is 255 g/mol. The molecular formula is C11H21N5O2. The van der Waals surface area contributed by atoms with Gasteiger partial charge in [0.15, 0.2) is 0 Å². The van der Waals surface area contributed by atoms with Crippen LogP contribution in [0.2, 0.25) is 0 Å². The third-order valence-corrected chi connectivity index (χ3v) is 3.01. The highest BCUT2D eigenvalue weighted by Crippen LogP contribution is 2.18. The molecule has 18 heavy (non-hydrogen) atoms. The lowest BCUT2D eigenvalue weighted by atomic mass is 10.1. The van der Waals surface area contributed by atoms with Crippen LogP contribution in [0.5, 0.6) is 0 Å². The van der Waals surface area contributed by atoms with Crippen LogP contribution in [0.1, 0.15) is 31.2 Å². The van der Waals surface area contributed by atoms with Crippen LogP contribution in [0.25, 0.3) is 0 Å². The predicted octanol–water partition coefficient (Wildman–Crippen LogP) is 0.0350. The van der Waals surface area contributed by atoms with E-state index in [2.05, 4.69) is 10.1 Å². The fraction of sp³-hybridized carbons (Fsp3) is 0.818. The van der Waals surface area contributed by atoms with Crippen LogP contribution in [-0.4, -0.2) is 43.0 Å². The number of hydrogen-bond acceptors (Lipinski definition) is 7. The Morgan fingerprint density at radius 2 is 2.06 bits per heavy atom. The van der Waals surface area contributed by atoms with Gasteiger partial charge in [-0.05, 0) is 24.5 Å². The molecule has 1 aromatic rings. The van der Waals surface area contributed by atoms with Crippen molar-refractivity contribution < 1.29 is 9.26 Å². The molecule has 0 aliphatic carbocycles. The Morgan fingerprint density at radius 3 is 2.78 bits per heavy atom. The normalized spacial score (nSPS) is 18.0. The van der Waals surface area contributed by atoms with E-state index < -0.39 is 0 Å². The van der Waals surface area contributed by atoms with Gasteiger partial charge in [0.1, 0.15) is 0 Å². The van der Waals surface area contributed by atoms with Crippen LogP contribution in [0.15, 0.2) is 4.52 Å². The number of rotatable bonds is 6. The van der Waals surface area contributed by atoms with E-state index in [-0.39, 0.29) is 6.04 Å². The summed E-state index contributed by atoms with van der Waals surface area (Å²) in [5, 5.41) is 3.97. The minimum atomic E-state index is -0.196. The molecule has 1 atom stereocenters. The third kappa shape index (κ3) is 3.41. The maximum absolute atomic E-state index is 6.00. The first-order chi connectivity index (χ1) is 8.81. The van der Waals surface area contributed by atoms with Gasteiger partial charge in [0.2, 0.25) is 5.89 Å². The van der Waals surface area contributed by atoms with E-state index in [1.165, 1.54) is 0 Å². The van der Waals surface area contributed by atoms with Gasteiger partial charge in [0, 0.05) is 13.1 Å². The van der Waals surface area contributed by atoms with E-state index >= 15 is 0 Å². The number of unbranched alkanes of at least 4 members (excludes halogenated alkanes) is 1. The second kappa shape index (κ2) is 6.67. The molecule has 4 N–H and O–H groups in total. The van der Waals surface area contributed by atoms with Crippen molar-refractivity contribution in [1.82, 2.24) is 10.1 Å². The van der Waals surface area contributed by atoms with Crippen molar-refractivity contribution in [2.24, 2.45) is 11.5 Å². The number of morpholine rings is 1. The lowest BCUT2D eigenvalue weighted by Gasteiger charge is -2.24. The quantitative estimate of drug-likeness (QED) is 0.691. The fourth-order valence-electron chi connectivity index (χ4n) is 1.90. The molecule has 1 saturated heterocycles. The number of nitrogens with two attached hydrogens (primary N) is 2. The van der Waals surface area contributed by atoms with Crippen molar-refractivity contribution in [3.63, 3.8) is 0 Å². The summed E-state index contributed by atoms with van der Waals surface area (Å²) in [7, 11) is 0. The highest BCUT2D eigenvalue weighted by atomic mass is 16.5. The predicted molar refractivity (Wildman–Crippen MR) is 67.2 cm³/mol. The van der Waals surface area contributed by atoms with Crippen LogP contribution in [0.4, 0.5) is 5.95 Å². The maximum Gasteiger partial charge on any atom is 0.266 e. The van der Waals surface area contributed by atoms with Gasteiger partial charge in [-0.25, -0.2) is 0 Å². The Morgan fingerprint density at radius 1 is 1.28 bits per heavy atom. The summed E-state index contributed by atoms with van der Waals surface area (Å²) in [5.74, 6) is 1.12. The molecule has 7 heteroatoms. The molecule has 1 fully saturated rings. The lowest BCUT2D eigenvalue weighted by molar-refractivity contribution is 0.121. The van der Waals surface area contributed by atoms with Gasteiger partial charge in [-0.3, -0.25) is 0 Å². The van der Waals surface area contributed by atoms with Gasteiger partial charge in [0.25, 0.3) is 5.95 Å². The van der Waals surface area contributed by atoms with Crippen molar-refractivity contribution in [2.75, 3.05) is 37.7 Å². The average Bonchev–Trinajstić information content (AvgIpc) is 2.89. The van der Waals surface area contributed by atoms with Crippen molar-refractivity contribution in [1.29, 1.82) is 0 Å². The minimum Gasteiger partial charge on any atom is -0.378 e. The second-order valence-electron chi connectivity index (χ2n) is 4.42. The summed E-state index contributed by atoms with van der Waals surface area (Å²) in [6, 6.07) is -0.196. The molecule has 7 nitrogen and oxygen atoms in total. The Hall–Kier alpha value is -1.18. The second-order valence-corrected chi connectivity index (χ2v) is 4.42. The smallest absolute Gasteiger partial charge is 0.266 e. The van der Waals surface area contributed by atoms with Gasteiger partial charge in [0.05, 0.1) is 19.3 Å². The van der Waals surface area contributed by atoms with Gasteiger partial charge < -0.3 is 25.6 Å². The Labute approximate surface area is 106 Å². The van der Waals surface area contributed by atoms with E-state index in [1.807, 2.05) is 4.90 Å². The summed E-state index contributed by atoms with van der Waals surface area (Å²) >= 11 is 0. The first-order valence-electron chi connectivity index (χ1n) is 6.43. The topological polar surface area (TPSA) is 103 Å². The third-order valence-electron chi connectivity index (χ3n) is 3.01. The molecule has 1 unspecified atom stereocenters.